The van der Waals surface area contributed by atoms with Crippen molar-refractivity contribution in [1.29, 1.82) is 0 Å². The lowest BCUT2D eigenvalue weighted by Gasteiger charge is -2.05. The van der Waals surface area contributed by atoms with Crippen LogP contribution >= 0.6 is 0 Å². The summed E-state index contributed by atoms with van der Waals surface area (Å²) >= 11 is 0. The van der Waals surface area contributed by atoms with Gasteiger partial charge in [-0.25, -0.2) is 0 Å². The quantitative estimate of drug-likeness (QED) is 0.316. The van der Waals surface area contributed by atoms with E-state index in [1.807, 2.05) is 60.7 Å². The number of hydrogen-bond donors (Lipinski definition) is 4. The molecule has 2 rings (SSSR count). The molecule has 0 aliphatic heterocycles. The Morgan fingerprint density at radius 3 is 1.38 bits per heavy atom. The second kappa shape index (κ2) is 11.5. The minimum absolute atomic E-state index is 0.459. The van der Waals surface area contributed by atoms with Crippen LogP contribution in [0.2, 0.25) is 0 Å². The number of nitrogens with zero attached hydrogens (tertiary/aromatic N) is 2. The first kappa shape index (κ1) is 19.3. The van der Waals surface area contributed by atoms with Crippen molar-refractivity contribution in [3.05, 3.63) is 60.7 Å². The zero-order chi connectivity index (χ0) is 18.5. The van der Waals surface area contributed by atoms with Crippen molar-refractivity contribution in [3.8, 4) is 0 Å². The number of unbranched alkanes of at least 4 members (excludes halogenated alkanes) is 3. The summed E-state index contributed by atoms with van der Waals surface area (Å²) in [6.07, 6.45) is 4.23. The third-order valence-corrected chi connectivity index (χ3v) is 3.72. The van der Waals surface area contributed by atoms with Gasteiger partial charge < -0.3 is 22.1 Å². The van der Waals surface area contributed by atoms with Crippen molar-refractivity contribution < 1.29 is 0 Å². The Labute approximate surface area is 155 Å². The van der Waals surface area contributed by atoms with Crippen LogP contribution in [0.1, 0.15) is 25.7 Å². The first-order chi connectivity index (χ1) is 12.7. The number of para-hydroxylation sites is 2. The Morgan fingerprint density at radius 1 is 0.615 bits per heavy atom. The van der Waals surface area contributed by atoms with E-state index < -0.39 is 0 Å². The lowest BCUT2D eigenvalue weighted by atomic mass is 10.2. The number of hydrogen-bond acceptors (Lipinski definition) is 2. The third-order valence-electron chi connectivity index (χ3n) is 3.72. The number of anilines is 2. The molecule has 0 aliphatic carbocycles. The van der Waals surface area contributed by atoms with E-state index in [0.29, 0.717) is 11.9 Å². The molecule has 0 fully saturated rings. The summed E-state index contributed by atoms with van der Waals surface area (Å²) in [5.74, 6) is 0.918. The van der Waals surface area contributed by atoms with E-state index in [2.05, 4.69) is 20.6 Å². The van der Waals surface area contributed by atoms with Crippen molar-refractivity contribution in [2.24, 2.45) is 21.5 Å². The molecule has 26 heavy (non-hydrogen) atoms. The van der Waals surface area contributed by atoms with Gasteiger partial charge in [-0.1, -0.05) is 49.2 Å². The Balaban J connectivity index is 1.52. The molecule has 6 N–H and O–H groups in total. The number of rotatable bonds is 9. The van der Waals surface area contributed by atoms with Crippen molar-refractivity contribution in [2.45, 2.75) is 25.7 Å². The van der Waals surface area contributed by atoms with Gasteiger partial charge in [-0.15, -0.1) is 0 Å². The van der Waals surface area contributed by atoms with Gasteiger partial charge in [0.25, 0.3) is 0 Å². The van der Waals surface area contributed by atoms with Crippen LogP contribution in [0.4, 0.5) is 11.4 Å². The monoisotopic (exact) mass is 352 g/mol. The molecule has 2 aromatic rings. The summed E-state index contributed by atoms with van der Waals surface area (Å²) in [6.45, 7) is 1.46. The predicted octanol–water partition coefficient (Wildman–Crippen LogP) is 3.40. The van der Waals surface area contributed by atoms with Gasteiger partial charge in [0.1, 0.15) is 0 Å². The van der Waals surface area contributed by atoms with E-state index in [-0.39, 0.29) is 0 Å². The summed E-state index contributed by atoms with van der Waals surface area (Å²) in [4.78, 5) is 8.68. The van der Waals surface area contributed by atoms with Crippen molar-refractivity contribution in [1.82, 2.24) is 0 Å². The smallest absolute Gasteiger partial charge is 0.193 e. The van der Waals surface area contributed by atoms with Crippen LogP contribution in [0, 0.1) is 0 Å². The highest BCUT2D eigenvalue weighted by atomic mass is 15.1. The molecule has 0 radical (unpaired) electrons. The summed E-state index contributed by atoms with van der Waals surface area (Å²) in [5.41, 5.74) is 13.6. The SMILES string of the molecule is NC(=NCCCCCCN=C(N)Nc1ccccc1)Nc1ccccc1. The van der Waals surface area contributed by atoms with Crippen molar-refractivity contribution >= 4 is 23.3 Å². The van der Waals surface area contributed by atoms with Crippen molar-refractivity contribution in [2.75, 3.05) is 23.7 Å². The highest BCUT2D eigenvalue weighted by Crippen LogP contribution is 2.05. The van der Waals surface area contributed by atoms with Gasteiger partial charge in [-0.2, -0.15) is 0 Å². The molecule has 138 valence electrons. The first-order valence-corrected chi connectivity index (χ1v) is 8.98. The van der Waals surface area contributed by atoms with E-state index in [1.54, 1.807) is 0 Å². The Morgan fingerprint density at radius 2 is 1.00 bits per heavy atom. The minimum atomic E-state index is 0.459. The van der Waals surface area contributed by atoms with Gasteiger partial charge >= 0.3 is 0 Å². The average molecular weight is 352 g/mol. The number of aliphatic imine (C=N–C) groups is 2. The van der Waals surface area contributed by atoms with Crippen molar-refractivity contribution in [3.63, 3.8) is 0 Å². The zero-order valence-corrected chi connectivity index (χ0v) is 15.1. The van der Waals surface area contributed by atoms with Crippen LogP contribution in [0.5, 0.6) is 0 Å². The highest BCUT2D eigenvalue weighted by Gasteiger charge is 1.95. The fourth-order valence-corrected chi connectivity index (χ4v) is 2.39. The zero-order valence-electron chi connectivity index (χ0n) is 15.1. The van der Waals surface area contributed by atoms with Gasteiger partial charge in [-0.3, -0.25) is 9.98 Å². The maximum Gasteiger partial charge on any atom is 0.193 e. The maximum absolute atomic E-state index is 5.87. The summed E-state index contributed by atoms with van der Waals surface area (Å²) in [5, 5.41) is 6.15. The molecule has 0 unspecified atom stereocenters. The van der Waals surface area contributed by atoms with E-state index in [1.165, 1.54) is 0 Å². The molecule has 0 aliphatic rings. The normalized spacial score (nSPS) is 12.0. The molecule has 0 bridgehead atoms. The van der Waals surface area contributed by atoms with Crippen LogP contribution < -0.4 is 22.1 Å². The van der Waals surface area contributed by atoms with Crippen LogP contribution in [0.3, 0.4) is 0 Å². The molecule has 0 saturated heterocycles. The molecule has 6 nitrogen and oxygen atoms in total. The van der Waals surface area contributed by atoms with Gasteiger partial charge in [-0.05, 0) is 37.1 Å². The molecular formula is C20H28N6. The van der Waals surface area contributed by atoms with Gasteiger partial charge in [0.2, 0.25) is 0 Å². The molecule has 6 heteroatoms. The number of nitrogens with two attached hydrogens (primary N) is 2. The number of nitrogens with one attached hydrogen (secondary N) is 2. The topological polar surface area (TPSA) is 101 Å². The fraction of sp³-hybridized carbons (Fsp3) is 0.300. The summed E-state index contributed by atoms with van der Waals surface area (Å²) in [6, 6.07) is 19.6. The standard InChI is InChI=1S/C20H28N6/c21-19(25-17-11-5-3-6-12-17)23-15-9-1-2-10-16-24-20(22)26-18-13-7-4-8-14-18/h3-8,11-14H,1-2,9-10,15-16H2,(H3,21,23,25)(H3,22,24,26). The number of guanidine groups is 2. The van der Waals surface area contributed by atoms with Gasteiger partial charge in [0, 0.05) is 24.5 Å². The maximum atomic E-state index is 5.87. The Kier molecular flexibility index (Phi) is 8.55. The molecule has 0 saturated carbocycles. The minimum Gasteiger partial charge on any atom is -0.370 e. The molecule has 0 atom stereocenters. The highest BCUT2D eigenvalue weighted by molar-refractivity contribution is 5.92. The number of benzene rings is 2. The summed E-state index contributed by atoms with van der Waals surface area (Å²) in [7, 11) is 0. The van der Waals surface area contributed by atoms with E-state index in [4.69, 9.17) is 11.5 Å². The van der Waals surface area contributed by atoms with Crippen LogP contribution in [0.25, 0.3) is 0 Å². The molecule has 0 amide bonds. The van der Waals surface area contributed by atoms with Gasteiger partial charge in [0.15, 0.2) is 11.9 Å². The second-order valence-electron chi connectivity index (χ2n) is 5.93. The van der Waals surface area contributed by atoms with E-state index in [0.717, 1.165) is 50.1 Å². The Bertz CT molecular complexity index is 620. The first-order valence-electron chi connectivity index (χ1n) is 8.98. The Hall–Kier alpha value is -3.02. The predicted molar refractivity (Wildman–Crippen MR) is 112 cm³/mol. The average Bonchev–Trinajstić information content (AvgIpc) is 2.65. The summed E-state index contributed by atoms with van der Waals surface area (Å²) < 4.78 is 0. The lowest BCUT2D eigenvalue weighted by Crippen LogP contribution is -2.22. The molecule has 0 spiro atoms. The second-order valence-corrected chi connectivity index (χ2v) is 5.93. The molecule has 0 aromatic heterocycles. The van der Waals surface area contributed by atoms with E-state index >= 15 is 0 Å². The largest absolute Gasteiger partial charge is 0.370 e. The van der Waals surface area contributed by atoms with E-state index in [9.17, 15) is 0 Å². The third kappa shape index (κ3) is 8.19. The lowest BCUT2D eigenvalue weighted by molar-refractivity contribution is 0.654. The molecule has 0 heterocycles. The van der Waals surface area contributed by atoms with Gasteiger partial charge in [0.05, 0.1) is 0 Å². The van der Waals surface area contributed by atoms with Crippen LogP contribution in [0.15, 0.2) is 70.6 Å². The fourth-order valence-electron chi connectivity index (χ4n) is 2.39. The molecular weight excluding hydrogens is 324 g/mol. The van der Waals surface area contributed by atoms with Crippen LogP contribution in [-0.4, -0.2) is 25.0 Å². The van der Waals surface area contributed by atoms with Crippen LogP contribution in [-0.2, 0) is 0 Å². The molecule has 2 aromatic carbocycles.